The Balaban J connectivity index is 1.41. The molecule has 12 heteroatoms. The number of methoxy groups -OCH3 is 2. The Morgan fingerprint density at radius 1 is 0.953 bits per heavy atom. The molecule has 2 aliphatic rings. The van der Waals surface area contributed by atoms with E-state index in [0.717, 1.165) is 18.4 Å². The van der Waals surface area contributed by atoms with E-state index in [2.05, 4.69) is 10.6 Å². The van der Waals surface area contributed by atoms with Crippen molar-refractivity contribution >= 4 is 34.7 Å². The van der Waals surface area contributed by atoms with Crippen LogP contribution in [0.15, 0.2) is 48.5 Å². The third kappa shape index (κ3) is 6.27. The number of carbonyl (C=O) groups excluding carboxylic acids is 2. The minimum Gasteiger partial charge on any atom is -0.493 e. The second kappa shape index (κ2) is 11.7. The molecule has 12 nitrogen and oxygen atoms in total. The molecule has 1 atom stereocenters. The van der Waals surface area contributed by atoms with E-state index in [1.165, 1.54) is 20.3 Å². The number of hydrogen-bond donors (Lipinski definition) is 2. The number of benzene rings is 3. The maximum atomic E-state index is 13.2. The Hall–Kier alpha value is -5.00. The number of fused-ring (bicyclic) bond motifs is 2. The van der Waals surface area contributed by atoms with Gasteiger partial charge in [0.2, 0.25) is 0 Å². The summed E-state index contributed by atoms with van der Waals surface area (Å²) in [7, 11) is 2.89. The summed E-state index contributed by atoms with van der Waals surface area (Å²) >= 11 is 0. The van der Waals surface area contributed by atoms with Gasteiger partial charge < -0.3 is 34.5 Å². The molecule has 0 spiro atoms. The van der Waals surface area contributed by atoms with Crippen LogP contribution in [-0.4, -0.2) is 60.8 Å². The van der Waals surface area contributed by atoms with Crippen LogP contribution in [0.2, 0.25) is 0 Å². The van der Waals surface area contributed by atoms with E-state index in [9.17, 15) is 19.7 Å². The van der Waals surface area contributed by atoms with Crippen molar-refractivity contribution < 1.29 is 33.5 Å². The second-order valence-electron chi connectivity index (χ2n) is 11.3. The molecule has 0 bridgehead atoms. The first-order chi connectivity index (χ1) is 20.5. The molecule has 0 saturated carbocycles. The Morgan fingerprint density at radius 2 is 1.63 bits per heavy atom. The Kier molecular flexibility index (Phi) is 8.03. The van der Waals surface area contributed by atoms with Gasteiger partial charge in [0.05, 0.1) is 47.8 Å². The minimum atomic E-state index is -0.595. The maximum absolute atomic E-state index is 13.2. The monoisotopic (exact) mass is 590 g/mol. The van der Waals surface area contributed by atoms with Gasteiger partial charge in [-0.2, -0.15) is 0 Å². The summed E-state index contributed by atoms with van der Waals surface area (Å²) in [5, 5.41) is 17.6. The predicted molar refractivity (Wildman–Crippen MR) is 161 cm³/mol. The van der Waals surface area contributed by atoms with E-state index in [1.807, 2.05) is 20.8 Å². The predicted octanol–water partition coefficient (Wildman–Crippen LogP) is 6.37. The number of likely N-dealkylation sites (tertiary alicyclic amines) is 1. The Bertz CT molecular complexity index is 1580. The van der Waals surface area contributed by atoms with Gasteiger partial charge in [0.15, 0.2) is 17.2 Å². The van der Waals surface area contributed by atoms with Crippen LogP contribution in [0.4, 0.5) is 27.5 Å². The van der Waals surface area contributed by atoms with Crippen LogP contribution in [-0.2, 0) is 4.74 Å². The maximum Gasteiger partial charge on any atom is 0.410 e. The normalized spacial score (nSPS) is 15.8. The zero-order valence-corrected chi connectivity index (χ0v) is 24.7. The molecule has 2 heterocycles. The average molecular weight is 591 g/mol. The zero-order chi connectivity index (χ0) is 30.9. The summed E-state index contributed by atoms with van der Waals surface area (Å²) in [6.45, 7) is 6.34. The molecule has 5 rings (SSSR count). The molecule has 3 aromatic carbocycles. The molecule has 2 amide bonds. The number of anilines is 3. The van der Waals surface area contributed by atoms with Crippen LogP contribution in [0.5, 0.6) is 17.2 Å². The SMILES string of the molecule is COc1cc2c(cc1OC[C@H]1CCCN1C(=O)OC(C)(C)C)Nc1cc(-c3ccc([N+](=O)[O-])c(OC)c3)ccc1C(=O)N2. The summed E-state index contributed by atoms with van der Waals surface area (Å²) in [6, 6.07) is 13.1. The van der Waals surface area contributed by atoms with E-state index in [4.69, 9.17) is 18.9 Å². The van der Waals surface area contributed by atoms with Crippen LogP contribution >= 0.6 is 0 Å². The fourth-order valence-electron chi connectivity index (χ4n) is 5.16. The van der Waals surface area contributed by atoms with E-state index in [0.29, 0.717) is 46.2 Å². The fourth-order valence-corrected chi connectivity index (χ4v) is 5.16. The standard InChI is InChI=1S/C31H34N4O8/c1-31(2,3)43-30(37)34-12-6-7-20(34)17-42-28-16-23-24(15-27(28)41-5)33-29(36)21-10-8-18(13-22(21)32-23)19-9-11-25(35(38)39)26(14-19)40-4/h8-11,13-16,20,32H,6-7,12,17H2,1-5H3,(H,33,36)/t20-/m1/s1. The van der Waals surface area contributed by atoms with Gasteiger partial charge in [0.1, 0.15) is 12.2 Å². The van der Waals surface area contributed by atoms with Crippen molar-refractivity contribution in [2.75, 3.05) is 38.0 Å². The molecule has 226 valence electrons. The first kappa shape index (κ1) is 29.5. The lowest BCUT2D eigenvalue weighted by molar-refractivity contribution is -0.385. The van der Waals surface area contributed by atoms with Crippen molar-refractivity contribution in [3.63, 3.8) is 0 Å². The van der Waals surface area contributed by atoms with Gasteiger partial charge in [-0.15, -0.1) is 0 Å². The molecular weight excluding hydrogens is 556 g/mol. The molecule has 0 aliphatic carbocycles. The summed E-state index contributed by atoms with van der Waals surface area (Å²) < 4.78 is 22.6. The third-order valence-corrected chi connectivity index (χ3v) is 7.23. The van der Waals surface area contributed by atoms with E-state index >= 15 is 0 Å². The van der Waals surface area contributed by atoms with Gasteiger partial charge >= 0.3 is 11.8 Å². The first-order valence-corrected chi connectivity index (χ1v) is 13.9. The Labute approximate surface area is 249 Å². The van der Waals surface area contributed by atoms with Gasteiger partial charge in [-0.25, -0.2) is 4.79 Å². The van der Waals surface area contributed by atoms with E-state index < -0.39 is 10.5 Å². The van der Waals surface area contributed by atoms with Gasteiger partial charge in [-0.05, 0) is 69.0 Å². The van der Waals surface area contributed by atoms with E-state index in [1.54, 1.807) is 47.4 Å². The molecule has 0 aromatic heterocycles. The molecular formula is C31H34N4O8. The minimum absolute atomic E-state index is 0.134. The lowest BCUT2D eigenvalue weighted by atomic mass is 10.0. The molecule has 43 heavy (non-hydrogen) atoms. The van der Waals surface area contributed by atoms with Crippen molar-refractivity contribution in [2.24, 2.45) is 0 Å². The van der Waals surface area contributed by atoms with Gasteiger partial charge in [0.25, 0.3) is 5.91 Å². The number of carbonyl (C=O) groups is 2. The number of hydrogen-bond acceptors (Lipinski definition) is 9. The lowest BCUT2D eigenvalue weighted by Crippen LogP contribution is -2.42. The van der Waals surface area contributed by atoms with Crippen molar-refractivity contribution in [2.45, 2.75) is 45.3 Å². The number of nitrogens with one attached hydrogen (secondary N) is 2. The first-order valence-electron chi connectivity index (χ1n) is 13.9. The topological polar surface area (TPSA) is 142 Å². The van der Waals surface area contributed by atoms with Crippen LogP contribution in [0.1, 0.15) is 44.0 Å². The van der Waals surface area contributed by atoms with Gasteiger partial charge in [0, 0.05) is 24.7 Å². The summed E-state index contributed by atoms with van der Waals surface area (Å²) in [6.07, 6.45) is 1.27. The zero-order valence-electron chi connectivity index (χ0n) is 24.7. The highest BCUT2D eigenvalue weighted by molar-refractivity contribution is 6.12. The van der Waals surface area contributed by atoms with Crippen molar-refractivity contribution in [1.82, 2.24) is 4.90 Å². The molecule has 1 saturated heterocycles. The lowest BCUT2D eigenvalue weighted by Gasteiger charge is -2.28. The van der Waals surface area contributed by atoms with Crippen LogP contribution in [0.25, 0.3) is 11.1 Å². The van der Waals surface area contributed by atoms with Crippen molar-refractivity contribution in [3.05, 3.63) is 64.2 Å². The number of nitrogens with zero attached hydrogens (tertiary/aromatic N) is 2. The number of nitro benzene ring substituents is 1. The molecule has 3 aromatic rings. The number of ether oxygens (including phenoxy) is 4. The van der Waals surface area contributed by atoms with Gasteiger partial charge in [-0.1, -0.05) is 6.07 Å². The quantitative estimate of drug-likeness (QED) is 0.237. The van der Waals surface area contributed by atoms with Crippen molar-refractivity contribution in [3.8, 4) is 28.4 Å². The fraction of sp³-hybridized carbons (Fsp3) is 0.355. The largest absolute Gasteiger partial charge is 0.493 e. The van der Waals surface area contributed by atoms with E-state index in [-0.39, 0.29) is 36.1 Å². The summed E-state index contributed by atoms with van der Waals surface area (Å²) in [4.78, 5) is 38.4. The molecule has 0 radical (unpaired) electrons. The number of rotatable bonds is 7. The average Bonchev–Trinajstić information content (AvgIpc) is 3.39. The van der Waals surface area contributed by atoms with Crippen LogP contribution in [0.3, 0.4) is 0 Å². The second-order valence-corrected chi connectivity index (χ2v) is 11.3. The molecule has 2 N–H and O–H groups in total. The van der Waals surface area contributed by atoms with Crippen LogP contribution in [0, 0.1) is 10.1 Å². The third-order valence-electron chi connectivity index (χ3n) is 7.23. The highest BCUT2D eigenvalue weighted by atomic mass is 16.6. The summed E-state index contributed by atoms with van der Waals surface area (Å²) in [5.41, 5.74) is 2.70. The highest BCUT2D eigenvalue weighted by Crippen LogP contribution is 2.42. The van der Waals surface area contributed by atoms with Crippen LogP contribution < -0.4 is 24.8 Å². The number of nitro groups is 1. The highest BCUT2D eigenvalue weighted by Gasteiger charge is 2.33. The summed E-state index contributed by atoms with van der Waals surface area (Å²) in [5.74, 6) is 0.685. The Morgan fingerprint density at radius 3 is 2.33 bits per heavy atom. The molecule has 1 fully saturated rings. The molecule has 0 unspecified atom stereocenters. The number of amides is 2. The molecule has 2 aliphatic heterocycles. The van der Waals surface area contributed by atoms with Gasteiger partial charge in [-0.3, -0.25) is 14.9 Å². The van der Waals surface area contributed by atoms with Crippen molar-refractivity contribution in [1.29, 1.82) is 0 Å². The smallest absolute Gasteiger partial charge is 0.410 e.